The highest BCUT2D eigenvalue weighted by Crippen LogP contribution is 2.39. The summed E-state index contributed by atoms with van der Waals surface area (Å²) in [6.07, 6.45) is 1.05. The van der Waals surface area contributed by atoms with E-state index in [-0.39, 0.29) is 31.4 Å². The van der Waals surface area contributed by atoms with Crippen LogP contribution in [-0.4, -0.2) is 31.8 Å². The molecule has 27 heavy (non-hydrogen) atoms. The van der Waals surface area contributed by atoms with Crippen molar-refractivity contribution in [3.05, 3.63) is 58.1 Å². The second-order valence-corrected chi connectivity index (χ2v) is 6.57. The minimum Gasteiger partial charge on any atom is -0.460 e. The summed E-state index contributed by atoms with van der Waals surface area (Å²) in [6.45, 7) is 2.41. The number of amides is 1. The van der Waals surface area contributed by atoms with E-state index < -0.39 is 5.97 Å². The third-order valence-electron chi connectivity index (χ3n) is 4.08. The molecule has 1 heterocycles. The summed E-state index contributed by atoms with van der Waals surface area (Å²) in [5.74, 6) is 0.217. The lowest BCUT2D eigenvalue weighted by Crippen LogP contribution is -2.28. The smallest absolute Gasteiger partial charge is 0.338 e. The molecular weight excluding hydrogens is 370 g/mol. The summed E-state index contributed by atoms with van der Waals surface area (Å²) in [7, 11) is 0. The molecule has 1 amide bonds. The number of carbonyl (C=O) groups excluding carboxylic acids is 2. The molecule has 0 bridgehead atoms. The lowest BCUT2D eigenvalue weighted by atomic mass is 10.1. The first-order chi connectivity index (χ1) is 13.0. The Bertz CT molecular complexity index is 835. The molecule has 0 fully saturated rings. The molecule has 2 aromatic rings. The van der Waals surface area contributed by atoms with Crippen molar-refractivity contribution in [3.8, 4) is 11.5 Å². The van der Waals surface area contributed by atoms with Crippen molar-refractivity contribution in [1.82, 2.24) is 5.32 Å². The number of rotatable bonds is 7. The number of halogens is 1. The van der Waals surface area contributed by atoms with Gasteiger partial charge in [-0.3, -0.25) is 4.79 Å². The number of aryl methyl sites for hydroxylation is 2. The Balaban J connectivity index is 1.38. The fourth-order valence-corrected chi connectivity index (χ4v) is 2.87. The molecule has 0 radical (unpaired) electrons. The maximum absolute atomic E-state index is 12.1. The Morgan fingerprint density at radius 1 is 1.19 bits per heavy atom. The third kappa shape index (κ3) is 5.14. The van der Waals surface area contributed by atoms with Crippen LogP contribution in [0.2, 0.25) is 5.02 Å². The molecular formula is C20H20ClNO5. The van der Waals surface area contributed by atoms with Crippen LogP contribution in [0.25, 0.3) is 0 Å². The summed E-state index contributed by atoms with van der Waals surface area (Å²) in [6, 6.07) is 11.1. The number of carbonyl (C=O) groups is 2. The van der Waals surface area contributed by atoms with Gasteiger partial charge in [-0.15, -0.1) is 0 Å². The molecule has 1 aliphatic rings. The largest absolute Gasteiger partial charge is 0.460 e. The molecule has 142 valence electrons. The quantitative estimate of drug-likeness (QED) is 0.581. The molecule has 0 saturated carbocycles. The van der Waals surface area contributed by atoms with Gasteiger partial charge in [0.1, 0.15) is 6.61 Å². The van der Waals surface area contributed by atoms with Crippen molar-refractivity contribution in [2.75, 3.05) is 19.9 Å². The highest BCUT2D eigenvalue weighted by Gasteiger charge is 2.21. The summed E-state index contributed by atoms with van der Waals surface area (Å²) < 4.78 is 15.6. The van der Waals surface area contributed by atoms with Crippen LogP contribution in [0.15, 0.2) is 36.4 Å². The maximum atomic E-state index is 12.1. The normalized spacial score (nSPS) is 11.9. The number of benzene rings is 2. The molecule has 0 atom stereocenters. The van der Waals surface area contributed by atoms with Gasteiger partial charge >= 0.3 is 5.97 Å². The molecule has 3 rings (SSSR count). The van der Waals surface area contributed by atoms with Gasteiger partial charge in [0.25, 0.3) is 0 Å². The van der Waals surface area contributed by atoms with Crippen LogP contribution in [-0.2, 0) is 16.0 Å². The molecule has 0 saturated heterocycles. The fraction of sp³-hybridized carbons (Fsp3) is 0.300. The Morgan fingerprint density at radius 3 is 2.74 bits per heavy atom. The predicted molar refractivity (Wildman–Crippen MR) is 100 cm³/mol. The zero-order chi connectivity index (χ0) is 19.2. The number of esters is 1. The highest BCUT2D eigenvalue weighted by atomic mass is 35.5. The number of nitrogens with one attached hydrogen (secondary N) is 1. The predicted octanol–water partition coefficient (Wildman–Crippen LogP) is 3.28. The van der Waals surface area contributed by atoms with E-state index in [0.29, 0.717) is 29.4 Å². The Kier molecular flexibility index (Phi) is 6.19. The van der Waals surface area contributed by atoms with E-state index in [0.717, 1.165) is 5.56 Å². The fourth-order valence-electron chi connectivity index (χ4n) is 2.60. The van der Waals surface area contributed by atoms with Gasteiger partial charge in [-0.2, -0.15) is 0 Å². The van der Waals surface area contributed by atoms with E-state index in [1.807, 2.05) is 31.2 Å². The molecule has 2 aromatic carbocycles. The second-order valence-electron chi connectivity index (χ2n) is 6.16. The molecule has 7 heteroatoms. The lowest BCUT2D eigenvalue weighted by molar-refractivity contribution is -0.121. The van der Waals surface area contributed by atoms with Crippen LogP contribution in [0.3, 0.4) is 0 Å². The van der Waals surface area contributed by atoms with Gasteiger partial charge in [0.05, 0.1) is 17.1 Å². The Labute approximate surface area is 162 Å². The van der Waals surface area contributed by atoms with Crippen LogP contribution in [0.4, 0.5) is 0 Å². The highest BCUT2D eigenvalue weighted by molar-refractivity contribution is 6.32. The molecule has 0 aromatic heterocycles. The topological polar surface area (TPSA) is 73.9 Å². The molecule has 1 aliphatic heterocycles. The number of hydrogen-bond donors (Lipinski definition) is 1. The van der Waals surface area contributed by atoms with Crippen LogP contribution in [0.1, 0.15) is 27.9 Å². The van der Waals surface area contributed by atoms with Crippen LogP contribution in [0.5, 0.6) is 11.5 Å². The second kappa shape index (κ2) is 8.77. The molecule has 1 N–H and O–H groups in total. The molecule has 0 spiro atoms. The van der Waals surface area contributed by atoms with Crippen LogP contribution < -0.4 is 14.8 Å². The van der Waals surface area contributed by atoms with Gasteiger partial charge in [-0.1, -0.05) is 41.4 Å². The minimum atomic E-state index is -0.538. The van der Waals surface area contributed by atoms with E-state index in [4.69, 9.17) is 25.8 Å². The summed E-state index contributed by atoms with van der Waals surface area (Å²) >= 11 is 6.05. The standard InChI is InChI=1S/C20H20ClNO5/c1-13-2-4-14(5-3-13)6-7-18(23)22-8-9-25-20(24)15-10-16(21)19-17(11-15)26-12-27-19/h2-5,10-11H,6-9,12H2,1H3,(H,22,23). The summed E-state index contributed by atoms with van der Waals surface area (Å²) in [5, 5.41) is 3.03. The molecule has 0 unspecified atom stereocenters. The Morgan fingerprint density at radius 2 is 1.96 bits per heavy atom. The number of hydrogen-bond acceptors (Lipinski definition) is 5. The van der Waals surface area contributed by atoms with Crippen LogP contribution in [0, 0.1) is 6.92 Å². The number of ether oxygens (including phenoxy) is 3. The SMILES string of the molecule is Cc1ccc(CCC(=O)NCCOC(=O)c2cc(Cl)c3c(c2)OCO3)cc1. The first-order valence-corrected chi connectivity index (χ1v) is 8.99. The summed E-state index contributed by atoms with van der Waals surface area (Å²) in [4.78, 5) is 24.0. The van der Waals surface area contributed by atoms with Crippen molar-refractivity contribution in [2.24, 2.45) is 0 Å². The van der Waals surface area contributed by atoms with Gasteiger partial charge < -0.3 is 19.5 Å². The molecule has 0 aliphatic carbocycles. The first kappa shape index (κ1) is 19.0. The minimum absolute atomic E-state index is 0.0706. The van der Waals surface area contributed by atoms with Gasteiger partial charge in [0.15, 0.2) is 11.5 Å². The zero-order valence-corrected chi connectivity index (χ0v) is 15.7. The van der Waals surface area contributed by atoms with Crippen molar-refractivity contribution in [1.29, 1.82) is 0 Å². The summed E-state index contributed by atoms with van der Waals surface area (Å²) in [5.41, 5.74) is 2.57. The first-order valence-electron chi connectivity index (χ1n) is 8.61. The number of fused-ring (bicyclic) bond motifs is 1. The van der Waals surface area contributed by atoms with Gasteiger partial charge in [0, 0.05) is 6.42 Å². The van der Waals surface area contributed by atoms with Crippen molar-refractivity contribution in [2.45, 2.75) is 19.8 Å². The lowest BCUT2D eigenvalue weighted by Gasteiger charge is -2.08. The van der Waals surface area contributed by atoms with Crippen molar-refractivity contribution >= 4 is 23.5 Å². The molecule has 6 nitrogen and oxygen atoms in total. The van der Waals surface area contributed by atoms with Gasteiger partial charge in [0.2, 0.25) is 12.7 Å². The maximum Gasteiger partial charge on any atom is 0.338 e. The van der Waals surface area contributed by atoms with Crippen molar-refractivity contribution < 1.29 is 23.8 Å². The average molecular weight is 390 g/mol. The van der Waals surface area contributed by atoms with E-state index >= 15 is 0 Å². The van der Waals surface area contributed by atoms with E-state index in [2.05, 4.69) is 5.32 Å². The average Bonchev–Trinajstić information content (AvgIpc) is 3.14. The monoisotopic (exact) mass is 389 g/mol. The zero-order valence-electron chi connectivity index (χ0n) is 14.9. The Hall–Kier alpha value is -2.73. The van der Waals surface area contributed by atoms with E-state index in [9.17, 15) is 9.59 Å². The van der Waals surface area contributed by atoms with E-state index in [1.54, 1.807) is 0 Å². The van der Waals surface area contributed by atoms with Gasteiger partial charge in [-0.05, 0) is 31.0 Å². The van der Waals surface area contributed by atoms with Crippen molar-refractivity contribution in [3.63, 3.8) is 0 Å². The third-order valence-corrected chi connectivity index (χ3v) is 4.36. The van der Waals surface area contributed by atoms with E-state index in [1.165, 1.54) is 17.7 Å². The van der Waals surface area contributed by atoms with Gasteiger partial charge in [-0.25, -0.2) is 4.79 Å². The van der Waals surface area contributed by atoms with Crippen LogP contribution >= 0.6 is 11.6 Å².